The summed E-state index contributed by atoms with van der Waals surface area (Å²) < 4.78 is 0. The molecule has 14 nitrogen and oxygen atoms in total. The second-order valence-electron chi connectivity index (χ2n) is 11.9. The minimum atomic E-state index is -1.02. The Labute approximate surface area is 274 Å². The van der Waals surface area contributed by atoms with Crippen LogP contribution in [0.4, 0.5) is 0 Å². The molecule has 3 aromatic rings. The molecule has 47 heavy (non-hydrogen) atoms. The highest BCUT2D eigenvalue weighted by Crippen LogP contribution is 2.10. The number of nitrogens with zero attached hydrogens (tertiary/aromatic N) is 1. The Balaban J connectivity index is 1.74. The number of aromatic nitrogens is 3. The van der Waals surface area contributed by atoms with Crippen LogP contribution in [0.15, 0.2) is 65.5 Å². The molecule has 0 aliphatic heterocycles. The Morgan fingerprint density at radius 3 is 1.91 bits per heavy atom. The van der Waals surface area contributed by atoms with E-state index in [9.17, 15) is 24.0 Å². The molecule has 0 saturated heterocycles. The van der Waals surface area contributed by atoms with E-state index in [0.29, 0.717) is 25.8 Å². The summed E-state index contributed by atoms with van der Waals surface area (Å²) in [6.07, 6.45) is 2.26. The molecule has 2 aromatic carbocycles. The number of nitrogens with two attached hydrogens (primary N) is 2. The molecule has 1 heterocycles. The third-order valence-corrected chi connectivity index (χ3v) is 7.45. The fraction of sp³-hybridized carbons (Fsp3) is 0.455. The van der Waals surface area contributed by atoms with Crippen molar-refractivity contribution in [1.82, 2.24) is 36.4 Å². The van der Waals surface area contributed by atoms with Crippen molar-refractivity contribution in [3.8, 4) is 0 Å². The number of carbonyl (C=O) groups excluding carboxylic acids is 4. The summed E-state index contributed by atoms with van der Waals surface area (Å²) in [5.74, 6) is -1.83. The van der Waals surface area contributed by atoms with Crippen molar-refractivity contribution in [1.29, 1.82) is 0 Å². The molecule has 0 spiro atoms. The lowest BCUT2D eigenvalue weighted by Gasteiger charge is -2.27. The van der Waals surface area contributed by atoms with Crippen LogP contribution in [0.2, 0.25) is 0 Å². The molecule has 14 heteroatoms. The quantitative estimate of drug-likeness (QED) is 0.0832. The molecular weight excluding hydrogens is 602 g/mol. The lowest BCUT2D eigenvalue weighted by Crippen LogP contribution is -2.58. The summed E-state index contributed by atoms with van der Waals surface area (Å²) >= 11 is 0. The summed E-state index contributed by atoms with van der Waals surface area (Å²) in [5.41, 5.74) is 13.1. The maximum atomic E-state index is 13.8. The second kappa shape index (κ2) is 19.0. The molecule has 0 bridgehead atoms. The Morgan fingerprint density at radius 2 is 1.34 bits per heavy atom. The van der Waals surface area contributed by atoms with Gasteiger partial charge in [-0.2, -0.15) is 5.10 Å². The molecule has 0 fully saturated rings. The van der Waals surface area contributed by atoms with E-state index in [4.69, 9.17) is 11.5 Å². The molecule has 0 unspecified atom stereocenters. The van der Waals surface area contributed by atoms with E-state index in [2.05, 4.69) is 36.4 Å². The van der Waals surface area contributed by atoms with Gasteiger partial charge < -0.3 is 32.7 Å². The number of nitrogens with one attached hydrogen (secondary N) is 6. The van der Waals surface area contributed by atoms with Gasteiger partial charge in [0.15, 0.2) is 0 Å². The van der Waals surface area contributed by atoms with E-state index >= 15 is 0 Å². The average Bonchev–Trinajstić information content (AvgIpc) is 3.47. The van der Waals surface area contributed by atoms with Gasteiger partial charge >= 0.3 is 5.69 Å². The molecule has 10 N–H and O–H groups in total. The Morgan fingerprint density at radius 1 is 0.766 bits per heavy atom. The summed E-state index contributed by atoms with van der Waals surface area (Å²) in [6, 6.07) is 14.7. The topological polar surface area (TPSA) is 230 Å². The molecule has 3 rings (SSSR count). The van der Waals surface area contributed by atoms with Gasteiger partial charge in [0.05, 0.1) is 12.6 Å². The summed E-state index contributed by atoms with van der Waals surface area (Å²) in [6.45, 7) is 4.19. The molecule has 1 aromatic heterocycles. The number of unbranched alkanes of at least 4 members (excludes halogenated alkanes) is 1. The number of amides is 4. The fourth-order valence-corrected chi connectivity index (χ4v) is 4.99. The van der Waals surface area contributed by atoms with Crippen LogP contribution in [-0.4, -0.2) is 69.5 Å². The van der Waals surface area contributed by atoms with Gasteiger partial charge in [0.25, 0.3) is 0 Å². The fourth-order valence-electron chi connectivity index (χ4n) is 4.99. The van der Waals surface area contributed by atoms with Gasteiger partial charge in [-0.15, -0.1) is 0 Å². The van der Waals surface area contributed by atoms with Crippen molar-refractivity contribution in [3.63, 3.8) is 0 Å². The van der Waals surface area contributed by atoms with Crippen LogP contribution in [0, 0.1) is 5.92 Å². The van der Waals surface area contributed by atoms with E-state index in [1.54, 1.807) is 0 Å². The van der Waals surface area contributed by atoms with Crippen LogP contribution in [-0.2, 0) is 38.6 Å². The van der Waals surface area contributed by atoms with Crippen molar-refractivity contribution >= 4 is 23.6 Å². The van der Waals surface area contributed by atoms with E-state index in [1.165, 1.54) is 0 Å². The number of hydrogen-bond acceptors (Lipinski definition) is 8. The zero-order chi connectivity index (χ0) is 34.2. The number of hydrogen-bond donors (Lipinski definition) is 8. The SMILES string of the molecule is CC(C)C[C@@H](NC(=O)[C@@H](Cc1ccccc1)NC(=O)[C@H](N)Cc1ccccc1)C(=O)N[C@H](CCCCN)C(=O)NCc1n[nH]c(=O)[nH]1. The zero-order valence-electron chi connectivity index (χ0n) is 27.0. The lowest BCUT2D eigenvalue weighted by atomic mass is 9.99. The number of carbonyl (C=O) groups is 4. The minimum Gasteiger partial charge on any atom is -0.347 e. The Bertz CT molecular complexity index is 1480. The number of benzene rings is 2. The van der Waals surface area contributed by atoms with Crippen LogP contribution >= 0.6 is 0 Å². The van der Waals surface area contributed by atoms with Crippen molar-refractivity contribution in [2.75, 3.05) is 6.54 Å². The predicted octanol–water partition coefficient (Wildman–Crippen LogP) is 0.156. The maximum Gasteiger partial charge on any atom is 0.340 e. The van der Waals surface area contributed by atoms with Crippen molar-refractivity contribution in [2.45, 2.75) is 83.1 Å². The zero-order valence-corrected chi connectivity index (χ0v) is 27.0. The number of rotatable bonds is 19. The highest BCUT2D eigenvalue weighted by atomic mass is 16.2. The summed E-state index contributed by atoms with van der Waals surface area (Å²) in [5, 5.41) is 17.1. The van der Waals surface area contributed by atoms with Crippen molar-refractivity contribution < 1.29 is 19.2 Å². The molecule has 4 amide bonds. The molecule has 0 radical (unpaired) electrons. The highest BCUT2D eigenvalue weighted by molar-refractivity contribution is 5.95. The van der Waals surface area contributed by atoms with E-state index in [-0.39, 0.29) is 37.5 Å². The molecular formula is C33H47N9O5. The largest absolute Gasteiger partial charge is 0.347 e. The highest BCUT2D eigenvalue weighted by Gasteiger charge is 2.31. The van der Waals surface area contributed by atoms with Gasteiger partial charge in [-0.25, -0.2) is 9.89 Å². The van der Waals surface area contributed by atoms with E-state index in [0.717, 1.165) is 11.1 Å². The first kappa shape index (κ1) is 36.6. The molecule has 4 atom stereocenters. The number of H-pyrrole nitrogens is 2. The van der Waals surface area contributed by atoms with Crippen LogP contribution in [0.3, 0.4) is 0 Å². The van der Waals surface area contributed by atoms with Crippen molar-refractivity contribution in [3.05, 3.63) is 88.1 Å². The smallest absolute Gasteiger partial charge is 0.340 e. The summed E-state index contributed by atoms with van der Waals surface area (Å²) in [4.78, 5) is 67.5. The van der Waals surface area contributed by atoms with Gasteiger partial charge in [0.2, 0.25) is 23.6 Å². The third-order valence-electron chi connectivity index (χ3n) is 7.45. The molecule has 0 aliphatic rings. The monoisotopic (exact) mass is 649 g/mol. The van der Waals surface area contributed by atoms with Crippen LogP contribution < -0.4 is 38.4 Å². The van der Waals surface area contributed by atoms with Gasteiger partial charge in [-0.05, 0) is 55.7 Å². The average molecular weight is 650 g/mol. The normalized spacial score (nSPS) is 13.6. The summed E-state index contributed by atoms with van der Waals surface area (Å²) in [7, 11) is 0. The first-order valence-electron chi connectivity index (χ1n) is 15.9. The Hall–Kier alpha value is -4.82. The lowest BCUT2D eigenvalue weighted by molar-refractivity contribution is -0.134. The molecule has 0 saturated carbocycles. The first-order chi connectivity index (χ1) is 22.5. The Kier molecular flexibility index (Phi) is 14.8. The van der Waals surface area contributed by atoms with E-state index in [1.807, 2.05) is 74.5 Å². The third kappa shape index (κ3) is 12.8. The predicted molar refractivity (Wildman–Crippen MR) is 177 cm³/mol. The number of aromatic amines is 2. The van der Waals surface area contributed by atoms with Gasteiger partial charge in [0.1, 0.15) is 23.9 Å². The van der Waals surface area contributed by atoms with Crippen LogP contribution in [0.1, 0.15) is 56.5 Å². The van der Waals surface area contributed by atoms with Crippen LogP contribution in [0.5, 0.6) is 0 Å². The maximum absolute atomic E-state index is 13.8. The molecule has 0 aliphatic carbocycles. The minimum absolute atomic E-state index is 0.00788. The van der Waals surface area contributed by atoms with Gasteiger partial charge in [-0.1, -0.05) is 74.5 Å². The first-order valence-corrected chi connectivity index (χ1v) is 15.9. The standard InChI is InChI=1S/C33H47N9O5/c1-21(2)17-26(31(45)37-25(15-9-10-16-34)30(44)36-20-28-40-33(47)42-41-28)39-32(46)27(19-23-13-7-4-8-14-23)38-29(43)24(35)18-22-11-5-3-6-12-22/h3-8,11-14,21,24-27H,9-10,15-20,34-35H2,1-2H3,(H,36,44)(H,37,45)(H,38,43)(H,39,46)(H2,40,41,42,47)/t24-,25-,26-,27-/m1/s1. The van der Waals surface area contributed by atoms with Crippen molar-refractivity contribution in [2.24, 2.45) is 17.4 Å². The second-order valence-corrected chi connectivity index (χ2v) is 11.9. The van der Waals surface area contributed by atoms with E-state index < -0.39 is 53.5 Å². The molecule has 254 valence electrons. The van der Waals surface area contributed by atoms with Gasteiger partial charge in [0, 0.05) is 6.42 Å². The van der Waals surface area contributed by atoms with Gasteiger partial charge in [-0.3, -0.25) is 24.2 Å². The van der Waals surface area contributed by atoms with Crippen LogP contribution in [0.25, 0.3) is 0 Å².